The molecule has 90 valence electrons. The molecule has 0 saturated carbocycles. The molecule has 1 nitrogen and oxygen atoms in total. The Bertz CT molecular complexity index is 138. The van der Waals surface area contributed by atoms with Gasteiger partial charge in [0.05, 0.1) is 0 Å². The molecular formula is C14H29N. The Balaban J connectivity index is 3.01. The quantitative estimate of drug-likeness (QED) is 0.423. The highest BCUT2D eigenvalue weighted by Gasteiger charge is 1.91. The Morgan fingerprint density at radius 2 is 1.67 bits per heavy atom. The molecule has 0 aliphatic rings. The number of hydrogen-bond donors (Lipinski definition) is 1. The van der Waals surface area contributed by atoms with Crippen LogP contribution in [0.5, 0.6) is 0 Å². The Hall–Kier alpha value is -0.300. The van der Waals surface area contributed by atoms with E-state index in [1.54, 1.807) is 0 Å². The summed E-state index contributed by atoms with van der Waals surface area (Å²) in [7, 11) is 0. The van der Waals surface area contributed by atoms with Gasteiger partial charge in [-0.3, -0.25) is 0 Å². The molecule has 0 aliphatic carbocycles. The van der Waals surface area contributed by atoms with Crippen molar-refractivity contribution in [2.24, 2.45) is 5.92 Å². The number of unbranched alkanes of at least 4 members (excludes halogenated alkanes) is 4. The first-order valence-corrected chi connectivity index (χ1v) is 6.63. The molecule has 0 radical (unpaired) electrons. The smallest absolute Gasteiger partial charge is 0.00258 e. The molecule has 15 heavy (non-hydrogen) atoms. The maximum atomic E-state index is 3.47. The lowest BCUT2D eigenvalue weighted by Gasteiger charge is -2.05. The molecule has 0 fully saturated rings. The van der Waals surface area contributed by atoms with Gasteiger partial charge in [0.2, 0.25) is 0 Å². The molecule has 1 heteroatoms. The zero-order chi connectivity index (χ0) is 11.4. The van der Waals surface area contributed by atoms with Crippen LogP contribution in [0.25, 0.3) is 0 Å². The van der Waals surface area contributed by atoms with Crippen LogP contribution in [0.1, 0.15) is 59.3 Å². The topological polar surface area (TPSA) is 12.0 Å². The highest BCUT2D eigenvalue weighted by Crippen LogP contribution is 2.00. The average molecular weight is 211 g/mol. The summed E-state index contributed by atoms with van der Waals surface area (Å²) in [5.74, 6) is 0.777. The van der Waals surface area contributed by atoms with Gasteiger partial charge < -0.3 is 5.32 Å². The third-order valence-corrected chi connectivity index (χ3v) is 2.42. The molecular weight excluding hydrogens is 182 g/mol. The van der Waals surface area contributed by atoms with Crippen LogP contribution in [0.4, 0.5) is 0 Å². The van der Waals surface area contributed by atoms with Crippen LogP contribution in [0.2, 0.25) is 0 Å². The summed E-state index contributed by atoms with van der Waals surface area (Å²) in [6.07, 6.45) is 12.5. The zero-order valence-electron chi connectivity index (χ0n) is 10.9. The van der Waals surface area contributed by atoms with Crippen molar-refractivity contribution in [3.05, 3.63) is 12.2 Å². The summed E-state index contributed by atoms with van der Waals surface area (Å²) >= 11 is 0. The molecule has 1 N–H and O–H groups in total. The molecule has 0 spiro atoms. The van der Waals surface area contributed by atoms with E-state index in [0.717, 1.165) is 12.5 Å². The van der Waals surface area contributed by atoms with Crippen LogP contribution >= 0.6 is 0 Å². The average Bonchev–Trinajstić information content (AvgIpc) is 2.20. The first-order valence-electron chi connectivity index (χ1n) is 6.63. The number of allylic oxidation sites excluding steroid dienone is 2. The van der Waals surface area contributed by atoms with Gasteiger partial charge in [-0.05, 0) is 44.7 Å². The highest BCUT2D eigenvalue weighted by atomic mass is 14.8. The molecule has 0 amide bonds. The summed E-state index contributed by atoms with van der Waals surface area (Å²) in [6, 6.07) is 0. The highest BCUT2D eigenvalue weighted by molar-refractivity contribution is 4.81. The van der Waals surface area contributed by atoms with Crippen LogP contribution in [-0.2, 0) is 0 Å². The largest absolute Gasteiger partial charge is 0.316 e. The van der Waals surface area contributed by atoms with Crippen molar-refractivity contribution in [2.75, 3.05) is 13.1 Å². The normalized spacial score (nSPS) is 11.7. The van der Waals surface area contributed by atoms with Gasteiger partial charge in [-0.1, -0.05) is 45.8 Å². The van der Waals surface area contributed by atoms with Gasteiger partial charge in [0.1, 0.15) is 0 Å². The minimum Gasteiger partial charge on any atom is -0.316 e. The van der Waals surface area contributed by atoms with Crippen LogP contribution in [0.15, 0.2) is 12.2 Å². The molecule has 0 aromatic rings. The Kier molecular flexibility index (Phi) is 11.5. The van der Waals surface area contributed by atoms with Crippen molar-refractivity contribution in [1.82, 2.24) is 5.32 Å². The van der Waals surface area contributed by atoms with Crippen molar-refractivity contribution >= 4 is 0 Å². The third-order valence-electron chi connectivity index (χ3n) is 2.42. The lowest BCUT2D eigenvalue weighted by atomic mass is 10.2. The summed E-state index contributed by atoms with van der Waals surface area (Å²) < 4.78 is 0. The standard InChI is InChI=1S/C14H29N/c1-4-5-6-7-8-9-10-11-12-15-13-14(2)3/h7-8,14-15H,4-6,9-13H2,1-3H3/b8-7+. The molecule has 0 bridgehead atoms. The summed E-state index contributed by atoms with van der Waals surface area (Å²) in [6.45, 7) is 9.09. The molecule has 0 aromatic heterocycles. The second-order valence-electron chi connectivity index (χ2n) is 4.71. The fraction of sp³-hybridized carbons (Fsp3) is 0.857. The van der Waals surface area contributed by atoms with Gasteiger partial charge in [0.15, 0.2) is 0 Å². The maximum absolute atomic E-state index is 3.47. The first-order chi connectivity index (χ1) is 7.27. The number of nitrogens with one attached hydrogen (secondary N) is 1. The van der Waals surface area contributed by atoms with Crippen molar-refractivity contribution < 1.29 is 0 Å². The van der Waals surface area contributed by atoms with E-state index >= 15 is 0 Å². The Labute approximate surface area is 96.3 Å². The zero-order valence-corrected chi connectivity index (χ0v) is 10.9. The second-order valence-corrected chi connectivity index (χ2v) is 4.71. The van der Waals surface area contributed by atoms with Gasteiger partial charge in [0.25, 0.3) is 0 Å². The monoisotopic (exact) mass is 211 g/mol. The molecule has 0 saturated heterocycles. The SMILES string of the molecule is CCCC/C=C/CCCCNCC(C)C. The summed E-state index contributed by atoms with van der Waals surface area (Å²) in [4.78, 5) is 0. The fourth-order valence-corrected chi connectivity index (χ4v) is 1.46. The summed E-state index contributed by atoms with van der Waals surface area (Å²) in [5.41, 5.74) is 0. The molecule has 0 rings (SSSR count). The minimum absolute atomic E-state index is 0.777. The van der Waals surface area contributed by atoms with E-state index < -0.39 is 0 Å². The molecule has 0 unspecified atom stereocenters. The van der Waals surface area contributed by atoms with Crippen molar-refractivity contribution in [3.63, 3.8) is 0 Å². The lowest BCUT2D eigenvalue weighted by Crippen LogP contribution is -2.20. The predicted octanol–water partition coefficient (Wildman–Crippen LogP) is 4.15. The van der Waals surface area contributed by atoms with Gasteiger partial charge in [0, 0.05) is 0 Å². The lowest BCUT2D eigenvalue weighted by molar-refractivity contribution is 0.536. The van der Waals surface area contributed by atoms with Gasteiger partial charge in [-0.2, -0.15) is 0 Å². The van der Waals surface area contributed by atoms with E-state index in [4.69, 9.17) is 0 Å². The third kappa shape index (κ3) is 13.7. The maximum Gasteiger partial charge on any atom is -0.00258 e. The van der Waals surface area contributed by atoms with E-state index in [0.29, 0.717) is 0 Å². The van der Waals surface area contributed by atoms with Crippen LogP contribution in [0.3, 0.4) is 0 Å². The molecule has 0 atom stereocenters. The summed E-state index contributed by atoms with van der Waals surface area (Å²) in [5, 5.41) is 3.47. The molecule has 0 heterocycles. The number of hydrogen-bond acceptors (Lipinski definition) is 1. The second kappa shape index (κ2) is 11.8. The van der Waals surface area contributed by atoms with Gasteiger partial charge in [-0.25, -0.2) is 0 Å². The minimum atomic E-state index is 0.777. The van der Waals surface area contributed by atoms with E-state index in [9.17, 15) is 0 Å². The molecule has 0 aliphatic heterocycles. The van der Waals surface area contributed by atoms with E-state index in [-0.39, 0.29) is 0 Å². The fourth-order valence-electron chi connectivity index (χ4n) is 1.46. The van der Waals surface area contributed by atoms with Crippen LogP contribution in [-0.4, -0.2) is 13.1 Å². The van der Waals surface area contributed by atoms with E-state index in [2.05, 4.69) is 38.2 Å². The van der Waals surface area contributed by atoms with E-state index in [1.807, 2.05) is 0 Å². The van der Waals surface area contributed by atoms with Crippen molar-refractivity contribution in [2.45, 2.75) is 59.3 Å². The van der Waals surface area contributed by atoms with Crippen molar-refractivity contribution in [1.29, 1.82) is 0 Å². The van der Waals surface area contributed by atoms with Crippen LogP contribution < -0.4 is 5.32 Å². The first kappa shape index (κ1) is 14.7. The predicted molar refractivity (Wildman–Crippen MR) is 70.2 cm³/mol. The van der Waals surface area contributed by atoms with Gasteiger partial charge >= 0.3 is 0 Å². The van der Waals surface area contributed by atoms with Gasteiger partial charge in [-0.15, -0.1) is 0 Å². The van der Waals surface area contributed by atoms with Crippen LogP contribution in [0, 0.1) is 5.92 Å². The Morgan fingerprint density at radius 1 is 1.00 bits per heavy atom. The van der Waals surface area contributed by atoms with Crippen molar-refractivity contribution in [3.8, 4) is 0 Å². The van der Waals surface area contributed by atoms with E-state index in [1.165, 1.54) is 45.1 Å². The Morgan fingerprint density at radius 3 is 2.27 bits per heavy atom. The molecule has 0 aromatic carbocycles. The number of rotatable bonds is 10.